The van der Waals surface area contributed by atoms with Crippen LogP contribution in [0.25, 0.3) is 10.9 Å². The average Bonchev–Trinajstić information content (AvgIpc) is 2.57. The van der Waals surface area contributed by atoms with Gasteiger partial charge in [0.1, 0.15) is 11.4 Å². The molecule has 0 saturated carbocycles. The van der Waals surface area contributed by atoms with Gasteiger partial charge in [-0.1, -0.05) is 0 Å². The van der Waals surface area contributed by atoms with Gasteiger partial charge in [0, 0.05) is 18.0 Å². The molecular formula is C11H10BrNO3. The van der Waals surface area contributed by atoms with Crippen LogP contribution >= 0.6 is 15.9 Å². The van der Waals surface area contributed by atoms with Gasteiger partial charge in [-0.05, 0) is 35.0 Å². The Hall–Kier alpha value is -1.49. The van der Waals surface area contributed by atoms with E-state index >= 15 is 0 Å². The summed E-state index contributed by atoms with van der Waals surface area (Å²) in [6, 6.07) is 4.88. The van der Waals surface area contributed by atoms with Crippen LogP contribution in [0.2, 0.25) is 0 Å². The maximum absolute atomic E-state index is 11.0. The summed E-state index contributed by atoms with van der Waals surface area (Å²) in [6.45, 7) is 2.41. The monoisotopic (exact) mass is 283 g/mol. The molecule has 0 saturated heterocycles. The molecular weight excluding hydrogens is 274 g/mol. The van der Waals surface area contributed by atoms with Crippen molar-refractivity contribution in [2.75, 3.05) is 0 Å². The first kappa shape index (κ1) is 11.0. The second-order valence-corrected chi connectivity index (χ2v) is 4.30. The largest absolute Gasteiger partial charge is 0.507 e. The van der Waals surface area contributed by atoms with Gasteiger partial charge in [-0.2, -0.15) is 0 Å². The molecule has 4 nitrogen and oxygen atoms in total. The number of carbonyl (C=O) groups is 1. The molecule has 0 spiro atoms. The quantitative estimate of drug-likeness (QED) is 0.891. The molecule has 0 aliphatic rings. The van der Waals surface area contributed by atoms with Crippen molar-refractivity contribution >= 4 is 32.8 Å². The van der Waals surface area contributed by atoms with Gasteiger partial charge in [0.2, 0.25) is 0 Å². The Balaban J connectivity index is 2.82. The smallest absolute Gasteiger partial charge is 0.352 e. The minimum atomic E-state index is -0.964. The summed E-state index contributed by atoms with van der Waals surface area (Å²) in [5.74, 6) is -0.856. The van der Waals surface area contributed by atoms with Gasteiger partial charge in [-0.3, -0.25) is 0 Å². The predicted molar refractivity (Wildman–Crippen MR) is 63.9 cm³/mol. The van der Waals surface area contributed by atoms with E-state index in [2.05, 4.69) is 15.9 Å². The van der Waals surface area contributed by atoms with Crippen LogP contribution in [0, 0.1) is 0 Å². The van der Waals surface area contributed by atoms with E-state index in [-0.39, 0.29) is 11.4 Å². The molecule has 5 heteroatoms. The minimum Gasteiger partial charge on any atom is -0.507 e. The van der Waals surface area contributed by atoms with Crippen molar-refractivity contribution < 1.29 is 15.0 Å². The Morgan fingerprint density at radius 3 is 2.69 bits per heavy atom. The number of carboxylic acid groups (broad SMARTS) is 1. The van der Waals surface area contributed by atoms with Gasteiger partial charge < -0.3 is 14.8 Å². The third kappa shape index (κ3) is 1.57. The number of nitrogens with zero attached hydrogens (tertiary/aromatic N) is 1. The number of hydrogen-bond donors (Lipinski definition) is 2. The van der Waals surface area contributed by atoms with E-state index in [1.54, 1.807) is 22.8 Å². The predicted octanol–water partition coefficient (Wildman–Crippen LogP) is 2.83. The van der Waals surface area contributed by atoms with Gasteiger partial charge in [-0.25, -0.2) is 4.79 Å². The fraction of sp³-hybridized carbons (Fsp3) is 0.182. The molecule has 0 atom stereocenters. The van der Waals surface area contributed by atoms with E-state index in [1.165, 1.54) is 0 Å². The number of aryl methyl sites for hydroxylation is 1. The van der Waals surface area contributed by atoms with Crippen molar-refractivity contribution in [1.29, 1.82) is 0 Å². The second-order valence-electron chi connectivity index (χ2n) is 3.44. The van der Waals surface area contributed by atoms with E-state index in [4.69, 9.17) is 5.11 Å². The molecule has 1 aromatic heterocycles. The molecule has 16 heavy (non-hydrogen) atoms. The number of hydrogen-bond acceptors (Lipinski definition) is 2. The average molecular weight is 284 g/mol. The first-order valence-corrected chi connectivity index (χ1v) is 5.59. The third-order valence-corrected chi connectivity index (χ3v) is 3.14. The van der Waals surface area contributed by atoms with E-state index in [1.807, 2.05) is 6.92 Å². The maximum atomic E-state index is 11.0. The normalized spacial score (nSPS) is 10.9. The highest BCUT2D eigenvalue weighted by molar-refractivity contribution is 9.10. The molecule has 2 rings (SSSR count). The van der Waals surface area contributed by atoms with E-state index in [9.17, 15) is 9.90 Å². The highest BCUT2D eigenvalue weighted by Gasteiger charge is 2.14. The lowest BCUT2D eigenvalue weighted by molar-refractivity contribution is 0.0686. The standard InChI is InChI=1S/C11H10BrNO3/c1-2-13-8-5-10(14)7(12)3-6(8)4-9(13)11(15)16/h3-5,14H,2H2,1H3,(H,15,16). The molecule has 0 unspecified atom stereocenters. The van der Waals surface area contributed by atoms with Gasteiger partial charge in [0.05, 0.1) is 9.99 Å². The van der Waals surface area contributed by atoms with Crippen LogP contribution in [-0.4, -0.2) is 20.7 Å². The SMILES string of the molecule is CCn1c(C(=O)O)cc2cc(Br)c(O)cc21. The lowest BCUT2D eigenvalue weighted by Crippen LogP contribution is -2.06. The summed E-state index contributed by atoms with van der Waals surface area (Å²) in [6.07, 6.45) is 0. The molecule has 84 valence electrons. The zero-order chi connectivity index (χ0) is 11.9. The van der Waals surface area contributed by atoms with Gasteiger partial charge in [-0.15, -0.1) is 0 Å². The van der Waals surface area contributed by atoms with Gasteiger partial charge in [0.15, 0.2) is 0 Å². The summed E-state index contributed by atoms with van der Waals surface area (Å²) in [4.78, 5) is 11.0. The molecule has 2 N–H and O–H groups in total. The van der Waals surface area contributed by atoms with Crippen LogP contribution in [-0.2, 0) is 6.54 Å². The van der Waals surface area contributed by atoms with Crippen LogP contribution in [0.15, 0.2) is 22.7 Å². The van der Waals surface area contributed by atoms with Crippen molar-refractivity contribution in [3.8, 4) is 5.75 Å². The minimum absolute atomic E-state index is 0.109. The van der Waals surface area contributed by atoms with Crippen molar-refractivity contribution in [2.24, 2.45) is 0 Å². The number of aromatic hydroxyl groups is 1. The number of carboxylic acids is 1. The molecule has 2 aromatic rings. The van der Waals surface area contributed by atoms with E-state index in [0.717, 1.165) is 10.9 Å². The topological polar surface area (TPSA) is 62.5 Å². The molecule has 1 heterocycles. The molecule has 0 fully saturated rings. The summed E-state index contributed by atoms with van der Waals surface area (Å²) >= 11 is 3.20. The number of rotatable bonds is 2. The summed E-state index contributed by atoms with van der Waals surface area (Å²) in [5, 5.41) is 19.4. The Morgan fingerprint density at radius 2 is 2.12 bits per heavy atom. The van der Waals surface area contributed by atoms with Crippen molar-refractivity contribution in [2.45, 2.75) is 13.5 Å². The van der Waals surface area contributed by atoms with Gasteiger partial charge in [0.25, 0.3) is 0 Å². The fourth-order valence-corrected chi connectivity index (χ4v) is 2.15. The maximum Gasteiger partial charge on any atom is 0.352 e. The highest BCUT2D eigenvalue weighted by Crippen LogP contribution is 2.31. The van der Waals surface area contributed by atoms with Crippen LogP contribution in [0.3, 0.4) is 0 Å². The Morgan fingerprint density at radius 1 is 1.44 bits per heavy atom. The number of phenols is 1. The van der Waals surface area contributed by atoms with Crippen LogP contribution in [0.5, 0.6) is 5.75 Å². The van der Waals surface area contributed by atoms with Crippen molar-refractivity contribution in [3.05, 3.63) is 28.4 Å². The van der Waals surface area contributed by atoms with Crippen LogP contribution < -0.4 is 0 Å². The van der Waals surface area contributed by atoms with Crippen molar-refractivity contribution in [3.63, 3.8) is 0 Å². The van der Waals surface area contributed by atoms with Gasteiger partial charge >= 0.3 is 5.97 Å². The van der Waals surface area contributed by atoms with E-state index < -0.39 is 5.97 Å². The molecule has 1 aromatic carbocycles. The van der Waals surface area contributed by atoms with E-state index in [0.29, 0.717) is 11.0 Å². The third-order valence-electron chi connectivity index (χ3n) is 2.51. The molecule has 0 radical (unpaired) electrons. The zero-order valence-corrected chi connectivity index (χ0v) is 10.2. The number of phenolic OH excluding ortho intramolecular Hbond substituents is 1. The molecule has 0 amide bonds. The molecule has 0 bridgehead atoms. The fourth-order valence-electron chi connectivity index (χ4n) is 1.79. The van der Waals surface area contributed by atoms with Crippen molar-refractivity contribution in [1.82, 2.24) is 4.57 Å². The Labute approximate surface area is 100 Å². The van der Waals surface area contributed by atoms with Crippen LogP contribution in [0.4, 0.5) is 0 Å². The lowest BCUT2D eigenvalue weighted by Gasteiger charge is -2.04. The number of aromatic nitrogens is 1. The number of fused-ring (bicyclic) bond motifs is 1. The number of halogens is 1. The summed E-state index contributed by atoms with van der Waals surface area (Å²) in [5.41, 5.74) is 0.954. The Bertz CT molecular complexity index is 574. The Kier molecular flexibility index (Phi) is 2.63. The summed E-state index contributed by atoms with van der Waals surface area (Å²) in [7, 11) is 0. The molecule has 0 aliphatic heterocycles. The molecule has 0 aliphatic carbocycles. The number of aromatic carboxylic acids is 1. The number of benzene rings is 1. The first-order valence-electron chi connectivity index (χ1n) is 4.79. The first-order chi connectivity index (χ1) is 7.54. The highest BCUT2D eigenvalue weighted by atomic mass is 79.9. The van der Waals surface area contributed by atoms with Crippen LogP contribution in [0.1, 0.15) is 17.4 Å². The lowest BCUT2D eigenvalue weighted by atomic mass is 10.2. The zero-order valence-electron chi connectivity index (χ0n) is 8.57. The summed E-state index contributed by atoms with van der Waals surface area (Å²) < 4.78 is 2.22. The second kappa shape index (κ2) is 3.83.